The van der Waals surface area contributed by atoms with Gasteiger partial charge in [-0.1, -0.05) is 18.5 Å². The molecule has 1 unspecified atom stereocenters. The second kappa shape index (κ2) is 6.11. The molecule has 6 heteroatoms. The van der Waals surface area contributed by atoms with Crippen LogP contribution in [0.25, 0.3) is 0 Å². The van der Waals surface area contributed by atoms with Gasteiger partial charge in [0.2, 0.25) is 0 Å². The third-order valence-corrected chi connectivity index (χ3v) is 3.97. The highest BCUT2D eigenvalue weighted by Crippen LogP contribution is 2.27. The Balaban J connectivity index is 2.26. The van der Waals surface area contributed by atoms with E-state index >= 15 is 0 Å². The van der Waals surface area contributed by atoms with E-state index in [1.54, 1.807) is 4.68 Å². The summed E-state index contributed by atoms with van der Waals surface area (Å²) in [6.07, 6.45) is 0.756. The molecular formula is C13H17BrClN3O. The molecule has 0 amide bonds. The number of aryl methyl sites for hydroxylation is 2. The standard InChI is InChI=1S/C13H17BrClN3O/c1-4-16-10(11-5-6-12(14)19-11)7-9-8(2)17-18(3)13(9)15/h5-6,10,16H,4,7H2,1-3H3. The lowest BCUT2D eigenvalue weighted by atomic mass is 10.0. The van der Waals surface area contributed by atoms with Gasteiger partial charge in [0.25, 0.3) is 0 Å². The van der Waals surface area contributed by atoms with Crippen LogP contribution in [-0.2, 0) is 13.5 Å². The molecule has 19 heavy (non-hydrogen) atoms. The van der Waals surface area contributed by atoms with E-state index in [0.717, 1.165) is 34.7 Å². The number of aromatic nitrogens is 2. The minimum absolute atomic E-state index is 0.0942. The molecule has 0 aromatic carbocycles. The van der Waals surface area contributed by atoms with Crippen LogP contribution in [0.4, 0.5) is 0 Å². The van der Waals surface area contributed by atoms with Gasteiger partial charge in [0.15, 0.2) is 4.67 Å². The van der Waals surface area contributed by atoms with Gasteiger partial charge in [0.05, 0.1) is 11.7 Å². The van der Waals surface area contributed by atoms with Gasteiger partial charge in [-0.25, -0.2) is 0 Å². The first-order valence-corrected chi connectivity index (χ1v) is 7.36. The van der Waals surface area contributed by atoms with Crippen LogP contribution < -0.4 is 5.32 Å². The van der Waals surface area contributed by atoms with Crippen LogP contribution in [0, 0.1) is 6.92 Å². The lowest BCUT2D eigenvalue weighted by molar-refractivity contribution is 0.405. The van der Waals surface area contributed by atoms with E-state index in [-0.39, 0.29) is 6.04 Å². The highest BCUT2D eigenvalue weighted by atomic mass is 79.9. The summed E-state index contributed by atoms with van der Waals surface area (Å²) in [5.41, 5.74) is 2.02. The molecule has 0 saturated carbocycles. The fourth-order valence-electron chi connectivity index (χ4n) is 2.15. The molecule has 0 aliphatic rings. The molecule has 2 rings (SSSR count). The minimum Gasteiger partial charge on any atom is -0.453 e. The Morgan fingerprint density at radius 3 is 2.74 bits per heavy atom. The topological polar surface area (TPSA) is 43.0 Å². The van der Waals surface area contributed by atoms with Gasteiger partial charge in [-0.3, -0.25) is 4.68 Å². The maximum Gasteiger partial charge on any atom is 0.169 e. The molecule has 2 aromatic heterocycles. The minimum atomic E-state index is 0.0942. The number of hydrogen-bond acceptors (Lipinski definition) is 3. The predicted molar refractivity (Wildman–Crippen MR) is 79.5 cm³/mol. The van der Waals surface area contributed by atoms with Crippen molar-refractivity contribution < 1.29 is 4.42 Å². The Kier molecular flexibility index (Phi) is 4.71. The van der Waals surface area contributed by atoms with Crippen LogP contribution >= 0.6 is 27.5 Å². The molecule has 0 radical (unpaired) electrons. The second-order valence-electron chi connectivity index (χ2n) is 4.43. The summed E-state index contributed by atoms with van der Waals surface area (Å²) in [6, 6.07) is 3.96. The zero-order valence-corrected chi connectivity index (χ0v) is 13.5. The lowest BCUT2D eigenvalue weighted by Crippen LogP contribution is -2.22. The summed E-state index contributed by atoms with van der Waals surface area (Å²) in [6.45, 7) is 4.91. The van der Waals surface area contributed by atoms with Gasteiger partial charge < -0.3 is 9.73 Å². The van der Waals surface area contributed by atoms with Crippen molar-refractivity contribution in [3.8, 4) is 0 Å². The average molecular weight is 347 g/mol. The van der Waals surface area contributed by atoms with Gasteiger partial charge in [-0.15, -0.1) is 0 Å². The second-order valence-corrected chi connectivity index (χ2v) is 5.57. The van der Waals surface area contributed by atoms with Gasteiger partial charge in [-0.2, -0.15) is 5.10 Å². The Labute approximate surface area is 126 Å². The Morgan fingerprint density at radius 2 is 2.26 bits per heavy atom. The van der Waals surface area contributed by atoms with Crippen molar-refractivity contribution in [2.24, 2.45) is 7.05 Å². The summed E-state index contributed by atoms with van der Waals surface area (Å²) in [4.78, 5) is 0. The fraction of sp³-hybridized carbons (Fsp3) is 0.462. The van der Waals surface area contributed by atoms with Gasteiger partial charge in [0, 0.05) is 12.6 Å². The molecule has 2 aromatic rings. The van der Waals surface area contributed by atoms with Crippen LogP contribution in [0.15, 0.2) is 21.2 Å². The number of halogens is 2. The van der Waals surface area contributed by atoms with Crippen LogP contribution in [-0.4, -0.2) is 16.3 Å². The third kappa shape index (κ3) is 3.22. The van der Waals surface area contributed by atoms with E-state index in [0.29, 0.717) is 5.15 Å². The van der Waals surface area contributed by atoms with Crippen molar-refractivity contribution in [3.63, 3.8) is 0 Å². The molecular weight excluding hydrogens is 330 g/mol. The molecule has 2 heterocycles. The quantitative estimate of drug-likeness (QED) is 0.899. The number of hydrogen-bond donors (Lipinski definition) is 1. The zero-order valence-electron chi connectivity index (χ0n) is 11.2. The Hall–Kier alpha value is -0.780. The monoisotopic (exact) mass is 345 g/mol. The maximum absolute atomic E-state index is 6.28. The summed E-state index contributed by atoms with van der Waals surface area (Å²) < 4.78 is 8.08. The number of nitrogens with zero attached hydrogens (tertiary/aromatic N) is 2. The van der Waals surface area contributed by atoms with Crippen molar-refractivity contribution >= 4 is 27.5 Å². The van der Waals surface area contributed by atoms with Crippen molar-refractivity contribution in [3.05, 3.63) is 39.0 Å². The molecule has 1 atom stereocenters. The first kappa shape index (κ1) is 14.6. The maximum atomic E-state index is 6.28. The smallest absolute Gasteiger partial charge is 0.169 e. The first-order valence-electron chi connectivity index (χ1n) is 6.19. The van der Waals surface area contributed by atoms with Crippen molar-refractivity contribution in [2.45, 2.75) is 26.3 Å². The van der Waals surface area contributed by atoms with Crippen molar-refractivity contribution in [2.75, 3.05) is 6.54 Å². The molecule has 0 fully saturated rings. The first-order chi connectivity index (χ1) is 9.02. The van der Waals surface area contributed by atoms with E-state index < -0.39 is 0 Å². The van der Waals surface area contributed by atoms with Crippen LogP contribution in [0.3, 0.4) is 0 Å². The predicted octanol–water partition coefficient (Wildman–Crippen LogP) is 3.63. The number of nitrogens with one attached hydrogen (secondary N) is 1. The SMILES string of the molecule is CCNC(Cc1c(C)nn(C)c1Cl)c1ccc(Br)o1. The molecule has 0 spiro atoms. The van der Waals surface area contributed by atoms with E-state index in [1.807, 2.05) is 26.1 Å². The molecule has 4 nitrogen and oxygen atoms in total. The normalized spacial score (nSPS) is 12.9. The summed E-state index contributed by atoms with van der Waals surface area (Å²) in [5.74, 6) is 0.896. The van der Waals surface area contributed by atoms with Crippen molar-refractivity contribution in [1.82, 2.24) is 15.1 Å². The lowest BCUT2D eigenvalue weighted by Gasteiger charge is -2.15. The number of rotatable bonds is 5. The third-order valence-electron chi connectivity index (χ3n) is 3.07. The van der Waals surface area contributed by atoms with Crippen molar-refractivity contribution in [1.29, 1.82) is 0 Å². The molecule has 104 valence electrons. The van der Waals surface area contributed by atoms with Gasteiger partial charge >= 0.3 is 0 Å². The summed E-state index contributed by atoms with van der Waals surface area (Å²) in [5, 5.41) is 8.44. The van der Waals surface area contributed by atoms with E-state index in [9.17, 15) is 0 Å². The van der Waals surface area contributed by atoms with Gasteiger partial charge in [-0.05, 0) is 48.0 Å². The van der Waals surface area contributed by atoms with E-state index in [4.69, 9.17) is 16.0 Å². The highest BCUT2D eigenvalue weighted by molar-refractivity contribution is 9.10. The number of likely N-dealkylation sites (N-methyl/N-ethyl adjacent to an activating group) is 1. The molecule has 0 aliphatic carbocycles. The van der Waals surface area contributed by atoms with Gasteiger partial charge in [0.1, 0.15) is 10.9 Å². The number of furan rings is 1. The van der Waals surface area contributed by atoms with Crippen LogP contribution in [0.1, 0.15) is 30.0 Å². The average Bonchev–Trinajstić information content (AvgIpc) is 2.88. The van der Waals surface area contributed by atoms with Crippen LogP contribution in [0.2, 0.25) is 5.15 Å². The molecule has 0 bridgehead atoms. The van der Waals surface area contributed by atoms with E-state index in [2.05, 4.69) is 33.3 Å². The molecule has 1 N–H and O–H groups in total. The Bertz CT molecular complexity index is 564. The molecule has 0 saturated heterocycles. The zero-order chi connectivity index (χ0) is 14.0. The fourth-order valence-corrected chi connectivity index (χ4v) is 2.72. The summed E-state index contributed by atoms with van der Waals surface area (Å²) in [7, 11) is 1.85. The van der Waals surface area contributed by atoms with E-state index in [1.165, 1.54) is 0 Å². The van der Waals surface area contributed by atoms with Crippen LogP contribution in [0.5, 0.6) is 0 Å². The highest BCUT2D eigenvalue weighted by Gasteiger charge is 2.20. The molecule has 0 aliphatic heterocycles. The largest absolute Gasteiger partial charge is 0.453 e. The summed E-state index contributed by atoms with van der Waals surface area (Å²) >= 11 is 9.62. The Morgan fingerprint density at radius 1 is 1.53 bits per heavy atom.